The van der Waals surface area contributed by atoms with Crippen molar-refractivity contribution in [1.29, 1.82) is 0 Å². The highest BCUT2D eigenvalue weighted by molar-refractivity contribution is 7.88. The van der Waals surface area contributed by atoms with Gasteiger partial charge in [0, 0.05) is 18.8 Å². The van der Waals surface area contributed by atoms with E-state index in [1.807, 2.05) is 6.92 Å². The smallest absolute Gasteiger partial charge is 0.218 e. The molecular formula is C13H20N2O2S. The highest BCUT2D eigenvalue weighted by atomic mass is 32.2. The topological polar surface area (TPSA) is 63.4 Å². The van der Waals surface area contributed by atoms with E-state index in [0.29, 0.717) is 11.6 Å². The van der Waals surface area contributed by atoms with Crippen molar-refractivity contribution < 1.29 is 8.42 Å². The van der Waals surface area contributed by atoms with Crippen molar-refractivity contribution in [3.63, 3.8) is 0 Å². The van der Waals surface area contributed by atoms with E-state index in [2.05, 4.69) is 0 Å². The molecule has 0 spiro atoms. The van der Waals surface area contributed by atoms with Crippen LogP contribution in [0.1, 0.15) is 25.3 Å². The second-order valence-corrected chi connectivity index (χ2v) is 7.12. The van der Waals surface area contributed by atoms with E-state index in [0.717, 1.165) is 18.4 Å². The third-order valence-electron chi connectivity index (χ3n) is 3.65. The first kappa shape index (κ1) is 13.4. The lowest BCUT2D eigenvalue weighted by Gasteiger charge is -2.24. The molecule has 2 N–H and O–H groups in total. The van der Waals surface area contributed by atoms with Gasteiger partial charge in [0.1, 0.15) is 0 Å². The Hall–Kier alpha value is -1.07. The van der Waals surface area contributed by atoms with Crippen LogP contribution in [0, 0.1) is 5.92 Å². The SMILES string of the molecule is CC(C1CC1)N(C)S(=O)(=O)Cc1ccc(N)cc1. The van der Waals surface area contributed by atoms with Crippen LogP contribution in [0.15, 0.2) is 24.3 Å². The monoisotopic (exact) mass is 268 g/mol. The molecule has 0 amide bonds. The quantitative estimate of drug-likeness (QED) is 0.829. The minimum atomic E-state index is -3.24. The molecule has 5 heteroatoms. The Morgan fingerprint density at radius 2 is 1.89 bits per heavy atom. The van der Waals surface area contributed by atoms with Gasteiger partial charge in [0.2, 0.25) is 10.0 Å². The average Bonchev–Trinajstić information content (AvgIpc) is 3.14. The lowest BCUT2D eigenvalue weighted by atomic mass is 10.2. The standard InChI is InChI=1S/C13H20N2O2S/c1-10(12-5-6-12)15(2)18(16,17)9-11-3-7-13(14)8-4-11/h3-4,7-8,10,12H,5-6,9,14H2,1-2H3. The zero-order valence-corrected chi connectivity index (χ0v) is 11.7. The first-order chi connectivity index (χ1) is 8.40. The Morgan fingerprint density at radius 3 is 2.39 bits per heavy atom. The van der Waals surface area contributed by atoms with Gasteiger partial charge in [-0.05, 0) is 43.4 Å². The van der Waals surface area contributed by atoms with Crippen LogP contribution in [0.4, 0.5) is 5.69 Å². The fraction of sp³-hybridized carbons (Fsp3) is 0.538. The number of nitrogen functional groups attached to an aromatic ring is 1. The Labute approximate surface area is 109 Å². The van der Waals surface area contributed by atoms with Crippen LogP contribution in [-0.4, -0.2) is 25.8 Å². The summed E-state index contributed by atoms with van der Waals surface area (Å²) in [5, 5.41) is 0. The molecule has 0 saturated heterocycles. The van der Waals surface area contributed by atoms with Gasteiger partial charge in [-0.15, -0.1) is 0 Å². The molecular weight excluding hydrogens is 248 g/mol. The summed E-state index contributed by atoms with van der Waals surface area (Å²) in [6.07, 6.45) is 2.28. The Kier molecular flexibility index (Phi) is 3.64. The van der Waals surface area contributed by atoms with E-state index in [-0.39, 0.29) is 11.8 Å². The summed E-state index contributed by atoms with van der Waals surface area (Å²) in [6.45, 7) is 1.98. The molecule has 1 atom stereocenters. The molecule has 0 heterocycles. The summed E-state index contributed by atoms with van der Waals surface area (Å²) < 4.78 is 26.0. The van der Waals surface area contributed by atoms with Crippen LogP contribution >= 0.6 is 0 Å². The van der Waals surface area contributed by atoms with E-state index in [1.165, 1.54) is 4.31 Å². The maximum Gasteiger partial charge on any atom is 0.218 e. The van der Waals surface area contributed by atoms with Crippen LogP contribution in [0.2, 0.25) is 0 Å². The molecule has 1 fully saturated rings. The number of benzene rings is 1. The van der Waals surface area contributed by atoms with Crippen molar-refractivity contribution in [3.8, 4) is 0 Å². The maximum absolute atomic E-state index is 12.3. The molecule has 2 rings (SSSR count). The second kappa shape index (κ2) is 4.90. The Morgan fingerprint density at radius 1 is 1.33 bits per heavy atom. The highest BCUT2D eigenvalue weighted by Gasteiger charge is 2.35. The van der Waals surface area contributed by atoms with Crippen molar-refractivity contribution in [2.75, 3.05) is 12.8 Å². The molecule has 0 aromatic heterocycles. The molecule has 1 aromatic rings. The van der Waals surface area contributed by atoms with E-state index in [4.69, 9.17) is 5.73 Å². The van der Waals surface area contributed by atoms with Crippen molar-refractivity contribution in [3.05, 3.63) is 29.8 Å². The lowest BCUT2D eigenvalue weighted by molar-refractivity contribution is 0.356. The van der Waals surface area contributed by atoms with E-state index >= 15 is 0 Å². The van der Waals surface area contributed by atoms with Crippen molar-refractivity contribution >= 4 is 15.7 Å². The van der Waals surface area contributed by atoms with Gasteiger partial charge in [-0.2, -0.15) is 0 Å². The van der Waals surface area contributed by atoms with Gasteiger partial charge in [-0.25, -0.2) is 12.7 Å². The second-order valence-electron chi connectivity index (χ2n) is 5.09. The van der Waals surface area contributed by atoms with E-state index in [1.54, 1.807) is 31.3 Å². The molecule has 1 saturated carbocycles. The minimum Gasteiger partial charge on any atom is -0.399 e. The lowest BCUT2D eigenvalue weighted by Crippen LogP contribution is -2.37. The molecule has 0 bridgehead atoms. The molecule has 1 aromatic carbocycles. The third-order valence-corrected chi connectivity index (χ3v) is 5.55. The molecule has 1 aliphatic rings. The van der Waals surface area contributed by atoms with Gasteiger partial charge in [0.25, 0.3) is 0 Å². The molecule has 4 nitrogen and oxygen atoms in total. The van der Waals surface area contributed by atoms with Crippen LogP contribution in [0.25, 0.3) is 0 Å². The van der Waals surface area contributed by atoms with Crippen LogP contribution < -0.4 is 5.73 Å². The zero-order chi connectivity index (χ0) is 13.3. The molecule has 1 aliphatic carbocycles. The maximum atomic E-state index is 12.3. The minimum absolute atomic E-state index is 0.0425. The first-order valence-corrected chi connectivity index (χ1v) is 7.81. The normalized spacial score (nSPS) is 17.9. The summed E-state index contributed by atoms with van der Waals surface area (Å²) in [4.78, 5) is 0. The number of rotatable bonds is 5. The molecule has 1 unspecified atom stereocenters. The Balaban J connectivity index is 2.08. The third kappa shape index (κ3) is 3.03. The average molecular weight is 268 g/mol. The van der Waals surface area contributed by atoms with Crippen LogP contribution in [0.3, 0.4) is 0 Å². The number of anilines is 1. The molecule has 0 radical (unpaired) electrons. The fourth-order valence-corrected chi connectivity index (χ4v) is 3.55. The van der Waals surface area contributed by atoms with Gasteiger partial charge in [-0.1, -0.05) is 12.1 Å². The number of nitrogens with zero attached hydrogens (tertiary/aromatic N) is 1. The van der Waals surface area contributed by atoms with Gasteiger partial charge in [0.05, 0.1) is 5.75 Å². The molecule has 18 heavy (non-hydrogen) atoms. The molecule has 100 valence electrons. The summed E-state index contributed by atoms with van der Waals surface area (Å²) in [5.41, 5.74) is 7.01. The number of hydrogen-bond acceptors (Lipinski definition) is 3. The predicted molar refractivity (Wildman–Crippen MR) is 73.4 cm³/mol. The summed E-state index contributed by atoms with van der Waals surface area (Å²) in [5.74, 6) is 0.581. The van der Waals surface area contributed by atoms with Crippen molar-refractivity contribution in [2.45, 2.75) is 31.6 Å². The summed E-state index contributed by atoms with van der Waals surface area (Å²) in [7, 11) is -1.56. The fourth-order valence-electron chi connectivity index (χ4n) is 2.06. The zero-order valence-electron chi connectivity index (χ0n) is 10.8. The van der Waals surface area contributed by atoms with Gasteiger partial charge < -0.3 is 5.73 Å². The largest absolute Gasteiger partial charge is 0.399 e. The van der Waals surface area contributed by atoms with E-state index < -0.39 is 10.0 Å². The number of sulfonamides is 1. The van der Waals surface area contributed by atoms with Gasteiger partial charge in [-0.3, -0.25) is 0 Å². The summed E-state index contributed by atoms with van der Waals surface area (Å²) in [6, 6.07) is 7.10. The number of hydrogen-bond donors (Lipinski definition) is 1. The van der Waals surface area contributed by atoms with Crippen molar-refractivity contribution in [1.82, 2.24) is 4.31 Å². The Bertz CT molecular complexity index is 506. The van der Waals surface area contributed by atoms with E-state index in [9.17, 15) is 8.42 Å². The van der Waals surface area contributed by atoms with Gasteiger partial charge >= 0.3 is 0 Å². The van der Waals surface area contributed by atoms with Crippen molar-refractivity contribution in [2.24, 2.45) is 5.92 Å². The first-order valence-electron chi connectivity index (χ1n) is 6.20. The number of nitrogens with two attached hydrogens (primary N) is 1. The molecule has 0 aliphatic heterocycles. The highest BCUT2D eigenvalue weighted by Crippen LogP contribution is 2.35. The van der Waals surface area contributed by atoms with Gasteiger partial charge in [0.15, 0.2) is 0 Å². The van der Waals surface area contributed by atoms with Crippen LogP contribution in [-0.2, 0) is 15.8 Å². The predicted octanol–water partition coefficient (Wildman–Crippen LogP) is 1.83. The summed E-state index contributed by atoms with van der Waals surface area (Å²) >= 11 is 0. The van der Waals surface area contributed by atoms with Crippen LogP contribution in [0.5, 0.6) is 0 Å².